The van der Waals surface area contributed by atoms with Crippen molar-refractivity contribution < 1.29 is 22.7 Å². The van der Waals surface area contributed by atoms with Crippen LogP contribution in [0.1, 0.15) is 4.88 Å². The third-order valence-corrected chi connectivity index (χ3v) is 6.17. The van der Waals surface area contributed by atoms with Crippen LogP contribution in [0.2, 0.25) is 0 Å². The van der Waals surface area contributed by atoms with Crippen molar-refractivity contribution in [1.29, 1.82) is 0 Å². The van der Waals surface area contributed by atoms with Crippen molar-refractivity contribution in [2.24, 2.45) is 0 Å². The zero-order valence-electron chi connectivity index (χ0n) is 10.8. The molecule has 0 fully saturated rings. The Labute approximate surface area is 133 Å². The van der Waals surface area contributed by atoms with E-state index in [9.17, 15) is 12.8 Å². The number of thiophene rings is 1. The summed E-state index contributed by atoms with van der Waals surface area (Å²) in [7, 11) is -2.55. The van der Waals surface area contributed by atoms with Gasteiger partial charge in [-0.05, 0) is 34.1 Å². The Bertz CT molecular complexity index is 761. The first-order valence-corrected chi connectivity index (χ1v) is 8.72. The molecule has 0 unspecified atom stereocenters. The number of aliphatic hydroxyl groups excluding tert-OH is 1. The minimum absolute atomic E-state index is 0.00669. The van der Waals surface area contributed by atoms with Crippen LogP contribution < -0.4 is 9.46 Å². The van der Waals surface area contributed by atoms with Crippen molar-refractivity contribution >= 4 is 43.0 Å². The van der Waals surface area contributed by atoms with Gasteiger partial charge in [0.1, 0.15) is 4.90 Å². The summed E-state index contributed by atoms with van der Waals surface area (Å²) >= 11 is 4.25. The monoisotopic (exact) mass is 395 g/mol. The first-order valence-electron chi connectivity index (χ1n) is 5.63. The number of sulfonamides is 1. The fraction of sp³-hybridized carbons (Fsp3) is 0.167. The van der Waals surface area contributed by atoms with Crippen LogP contribution in [-0.2, 0) is 16.6 Å². The Morgan fingerprint density at radius 2 is 2.14 bits per heavy atom. The molecule has 0 aliphatic heterocycles. The van der Waals surface area contributed by atoms with E-state index in [1.165, 1.54) is 25.3 Å². The third-order valence-electron chi connectivity index (χ3n) is 2.56. The van der Waals surface area contributed by atoms with Gasteiger partial charge in [0.15, 0.2) is 11.6 Å². The van der Waals surface area contributed by atoms with Crippen LogP contribution in [0.4, 0.5) is 10.1 Å². The molecule has 2 rings (SSSR count). The van der Waals surface area contributed by atoms with Crippen molar-refractivity contribution in [3.05, 3.63) is 38.7 Å². The number of benzene rings is 1. The molecule has 0 atom stereocenters. The minimum atomic E-state index is -3.87. The summed E-state index contributed by atoms with van der Waals surface area (Å²) < 4.78 is 45.5. The number of hydrogen-bond acceptors (Lipinski definition) is 5. The van der Waals surface area contributed by atoms with E-state index in [2.05, 4.69) is 20.7 Å². The third kappa shape index (κ3) is 3.54. The van der Waals surface area contributed by atoms with Gasteiger partial charge in [0.05, 0.1) is 23.2 Å². The van der Waals surface area contributed by atoms with Gasteiger partial charge in [0, 0.05) is 10.9 Å². The second kappa shape index (κ2) is 6.30. The summed E-state index contributed by atoms with van der Waals surface area (Å²) in [5.41, 5.74) is 0.0805. The maximum Gasteiger partial charge on any atom is 0.263 e. The molecule has 21 heavy (non-hydrogen) atoms. The normalized spacial score (nSPS) is 11.4. The van der Waals surface area contributed by atoms with Crippen LogP contribution in [0.3, 0.4) is 0 Å². The van der Waals surface area contributed by atoms with E-state index in [0.29, 0.717) is 8.66 Å². The fourth-order valence-corrected chi connectivity index (χ4v) is 5.19. The smallest absolute Gasteiger partial charge is 0.263 e. The highest BCUT2D eigenvalue weighted by atomic mass is 79.9. The summed E-state index contributed by atoms with van der Waals surface area (Å²) in [6.07, 6.45) is 0. The van der Waals surface area contributed by atoms with Crippen LogP contribution in [0.25, 0.3) is 0 Å². The van der Waals surface area contributed by atoms with Crippen LogP contribution >= 0.6 is 27.3 Å². The van der Waals surface area contributed by atoms with E-state index in [1.54, 1.807) is 0 Å². The van der Waals surface area contributed by atoms with Crippen LogP contribution in [0.15, 0.2) is 32.9 Å². The molecule has 1 heterocycles. The van der Waals surface area contributed by atoms with Gasteiger partial charge >= 0.3 is 0 Å². The van der Waals surface area contributed by atoms with Gasteiger partial charge in [0.2, 0.25) is 0 Å². The summed E-state index contributed by atoms with van der Waals surface area (Å²) in [5.74, 6) is -0.643. The van der Waals surface area contributed by atoms with Gasteiger partial charge in [-0.25, -0.2) is 12.8 Å². The second-order valence-electron chi connectivity index (χ2n) is 3.96. The highest BCUT2D eigenvalue weighted by Crippen LogP contribution is 2.33. The number of aliphatic hydroxyl groups is 1. The lowest BCUT2D eigenvalue weighted by atomic mass is 10.3. The summed E-state index contributed by atoms with van der Waals surface area (Å²) in [6, 6.07) is 5.11. The number of ether oxygens (including phenoxy) is 1. The van der Waals surface area contributed by atoms with Crippen LogP contribution in [0, 0.1) is 5.82 Å². The second-order valence-corrected chi connectivity index (χ2v) is 8.07. The maximum absolute atomic E-state index is 13.6. The minimum Gasteiger partial charge on any atom is -0.494 e. The Morgan fingerprint density at radius 1 is 1.43 bits per heavy atom. The molecule has 1 aromatic heterocycles. The predicted molar refractivity (Wildman–Crippen MR) is 81.7 cm³/mol. The zero-order valence-corrected chi connectivity index (χ0v) is 14.0. The number of rotatable bonds is 5. The standard InChI is InChI=1S/C12H11BrFNO4S2/c1-19-10-3-2-7(4-9(10)14)15-21(17,18)11-5-8(6-16)20-12(11)13/h2-5,15-16H,6H2,1H3. The average Bonchev–Trinajstić information content (AvgIpc) is 2.81. The number of anilines is 1. The quantitative estimate of drug-likeness (QED) is 0.815. The topological polar surface area (TPSA) is 75.6 Å². The lowest BCUT2D eigenvalue weighted by Crippen LogP contribution is -2.12. The first kappa shape index (κ1) is 16.2. The van der Waals surface area contributed by atoms with E-state index in [4.69, 9.17) is 9.84 Å². The van der Waals surface area contributed by atoms with Crippen molar-refractivity contribution in [3.63, 3.8) is 0 Å². The van der Waals surface area contributed by atoms with Gasteiger partial charge in [-0.3, -0.25) is 4.72 Å². The molecule has 0 saturated carbocycles. The Hall–Kier alpha value is -1.16. The van der Waals surface area contributed by atoms with E-state index in [1.807, 2.05) is 0 Å². The Balaban J connectivity index is 2.32. The number of methoxy groups -OCH3 is 1. The molecule has 114 valence electrons. The number of nitrogens with one attached hydrogen (secondary N) is 1. The van der Waals surface area contributed by atoms with Gasteiger partial charge in [-0.1, -0.05) is 0 Å². The maximum atomic E-state index is 13.6. The SMILES string of the molecule is COc1ccc(NS(=O)(=O)c2cc(CO)sc2Br)cc1F. The van der Waals surface area contributed by atoms with Gasteiger partial charge in [-0.15, -0.1) is 11.3 Å². The molecular weight excluding hydrogens is 385 g/mol. The molecule has 0 saturated heterocycles. The molecule has 0 aliphatic carbocycles. The molecule has 0 aliphatic rings. The highest BCUT2D eigenvalue weighted by molar-refractivity contribution is 9.11. The van der Waals surface area contributed by atoms with Crippen molar-refractivity contribution in [2.45, 2.75) is 11.5 Å². The molecule has 0 spiro atoms. The van der Waals surface area contributed by atoms with E-state index < -0.39 is 15.8 Å². The number of halogens is 2. The van der Waals surface area contributed by atoms with Crippen LogP contribution in [-0.4, -0.2) is 20.6 Å². The molecule has 5 nitrogen and oxygen atoms in total. The molecule has 9 heteroatoms. The summed E-state index contributed by atoms with van der Waals surface area (Å²) in [6.45, 7) is -0.254. The average molecular weight is 396 g/mol. The Morgan fingerprint density at radius 3 is 2.67 bits per heavy atom. The zero-order chi connectivity index (χ0) is 15.6. The molecule has 1 aromatic carbocycles. The lowest BCUT2D eigenvalue weighted by molar-refractivity contribution is 0.285. The molecule has 2 aromatic rings. The number of hydrogen-bond donors (Lipinski definition) is 2. The van der Waals surface area contributed by atoms with E-state index in [0.717, 1.165) is 17.4 Å². The first-order chi connectivity index (χ1) is 9.87. The Kier molecular flexibility index (Phi) is 4.87. The van der Waals surface area contributed by atoms with Gasteiger partial charge < -0.3 is 9.84 Å². The molecule has 0 amide bonds. The molecular formula is C12H11BrFNO4S2. The summed E-state index contributed by atoms with van der Waals surface area (Å²) in [5, 5.41) is 9.04. The highest BCUT2D eigenvalue weighted by Gasteiger charge is 2.21. The van der Waals surface area contributed by atoms with Gasteiger partial charge in [-0.2, -0.15) is 0 Å². The van der Waals surface area contributed by atoms with Gasteiger partial charge in [0.25, 0.3) is 10.0 Å². The predicted octanol–water partition coefficient (Wildman–Crippen LogP) is 2.95. The van der Waals surface area contributed by atoms with E-state index >= 15 is 0 Å². The van der Waals surface area contributed by atoms with E-state index in [-0.39, 0.29) is 22.9 Å². The molecule has 0 bridgehead atoms. The van der Waals surface area contributed by atoms with Crippen molar-refractivity contribution in [1.82, 2.24) is 0 Å². The van der Waals surface area contributed by atoms with Crippen LogP contribution in [0.5, 0.6) is 5.75 Å². The largest absolute Gasteiger partial charge is 0.494 e. The lowest BCUT2D eigenvalue weighted by Gasteiger charge is -2.08. The van der Waals surface area contributed by atoms with Crippen molar-refractivity contribution in [2.75, 3.05) is 11.8 Å². The molecule has 2 N–H and O–H groups in total. The fourth-order valence-electron chi connectivity index (χ4n) is 1.60. The summed E-state index contributed by atoms with van der Waals surface area (Å²) in [4.78, 5) is 0.496. The van der Waals surface area contributed by atoms with Crippen molar-refractivity contribution in [3.8, 4) is 5.75 Å². The molecule has 0 radical (unpaired) electrons.